The molecule has 1 aliphatic rings. The van der Waals surface area contributed by atoms with Crippen LogP contribution in [0.15, 0.2) is 24.3 Å². The molecule has 94 valence electrons. The van der Waals surface area contributed by atoms with Crippen molar-refractivity contribution in [2.24, 2.45) is 11.8 Å². The normalized spacial score (nSPS) is 34.9. The highest BCUT2D eigenvalue weighted by molar-refractivity contribution is 6.21. The summed E-state index contributed by atoms with van der Waals surface area (Å²) in [6, 6.07) is 6.43. The molecule has 0 bridgehead atoms. The Hall–Kier alpha value is -0.600. The Balaban J connectivity index is 2.19. The minimum Gasteiger partial charge on any atom is -0.375 e. The SMILES string of the molecule is CC1OC(C)C(C(Cl)c2ccc(F)cc2)C1C. The van der Waals surface area contributed by atoms with Crippen LogP contribution in [0.25, 0.3) is 0 Å². The number of halogens is 2. The van der Waals surface area contributed by atoms with Crippen molar-refractivity contribution in [3.05, 3.63) is 35.6 Å². The van der Waals surface area contributed by atoms with Gasteiger partial charge in [0.2, 0.25) is 0 Å². The molecular formula is C14H18ClFO. The Bertz CT molecular complexity index is 378. The van der Waals surface area contributed by atoms with E-state index < -0.39 is 0 Å². The van der Waals surface area contributed by atoms with Crippen LogP contribution in [-0.4, -0.2) is 12.2 Å². The molecule has 1 aliphatic heterocycles. The lowest BCUT2D eigenvalue weighted by Gasteiger charge is -2.24. The minimum absolute atomic E-state index is 0.120. The van der Waals surface area contributed by atoms with Crippen LogP contribution in [-0.2, 0) is 4.74 Å². The van der Waals surface area contributed by atoms with Crippen LogP contribution in [0.2, 0.25) is 0 Å². The van der Waals surface area contributed by atoms with Gasteiger partial charge < -0.3 is 4.74 Å². The van der Waals surface area contributed by atoms with Crippen LogP contribution in [0.3, 0.4) is 0 Å². The zero-order valence-electron chi connectivity index (χ0n) is 10.4. The molecule has 3 heteroatoms. The van der Waals surface area contributed by atoms with Crippen molar-refractivity contribution in [2.45, 2.75) is 38.4 Å². The standard InChI is InChI=1S/C14H18ClFO/c1-8-9(2)17-10(3)13(8)14(15)11-4-6-12(16)7-5-11/h4-10,13-14H,1-3H3. The van der Waals surface area contributed by atoms with Crippen LogP contribution in [0.5, 0.6) is 0 Å². The fraction of sp³-hybridized carbons (Fsp3) is 0.571. The van der Waals surface area contributed by atoms with E-state index in [4.69, 9.17) is 16.3 Å². The molecule has 0 amide bonds. The molecule has 0 aliphatic carbocycles. The molecule has 1 saturated heterocycles. The van der Waals surface area contributed by atoms with Crippen molar-refractivity contribution in [1.82, 2.24) is 0 Å². The summed E-state index contributed by atoms with van der Waals surface area (Å²) in [7, 11) is 0. The summed E-state index contributed by atoms with van der Waals surface area (Å²) in [6.07, 6.45) is 0.379. The molecule has 5 atom stereocenters. The van der Waals surface area contributed by atoms with Crippen LogP contribution < -0.4 is 0 Å². The lowest BCUT2D eigenvalue weighted by Crippen LogP contribution is -2.22. The molecule has 2 rings (SSSR count). The molecule has 5 unspecified atom stereocenters. The van der Waals surface area contributed by atoms with Gasteiger partial charge in [0, 0.05) is 5.92 Å². The van der Waals surface area contributed by atoms with Gasteiger partial charge in [-0.3, -0.25) is 0 Å². The van der Waals surface area contributed by atoms with Crippen LogP contribution in [0.4, 0.5) is 4.39 Å². The third-order valence-corrected chi connectivity index (χ3v) is 4.39. The van der Waals surface area contributed by atoms with E-state index in [9.17, 15) is 4.39 Å². The Morgan fingerprint density at radius 2 is 1.71 bits per heavy atom. The van der Waals surface area contributed by atoms with Gasteiger partial charge in [-0.1, -0.05) is 19.1 Å². The van der Waals surface area contributed by atoms with Crippen LogP contribution >= 0.6 is 11.6 Å². The highest BCUT2D eigenvalue weighted by atomic mass is 35.5. The lowest BCUT2D eigenvalue weighted by molar-refractivity contribution is 0.0508. The first-order valence-corrected chi connectivity index (χ1v) is 6.49. The molecule has 17 heavy (non-hydrogen) atoms. The summed E-state index contributed by atoms with van der Waals surface area (Å²) in [6.45, 7) is 6.30. The predicted molar refractivity (Wildman–Crippen MR) is 67.7 cm³/mol. The van der Waals surface area contributed by atoms with Crippen LogP contribution in [0, 0.1) is 17.7 Å². The van der Waals surface area contributed by atoms with Gasteiger partial charge in [0.1, 0.15) is 5.82 Å². The highest BCUT2D eigenvalue weighted by Gasteiger charge is 2.41. The zero-order chi connectivity index (χ0) is 12.6. The fourth-order valence-electron chi connectivity index (χ4n) is 2.67. The quantitative estimate of drug-likeness (QED) is 0.722. The van der Waals surface area contributed by atoms with E-state index in [2.05, 4.69) is 20.8 Å². The van der Waals surface area contributed by atoms with E-state index in [1.54, 1.807) is 12.1 Å². The first kappa shape index (κ1) is 12.8. The van der Waals surface area contributed by atoms with E-state index >= 15 is 0 Å². The van der Waals surface area contributed by atoms with E-state index in [1.807, 2.05) is 0 Å². The molecule has 1 nitrogen and oxygen atoms in total. The van der Waals surface area contributed by atoms with E-state index in [0.717, 1.165) is 5.56 Å². The van der Waals surface area contributed by atoms with Gasteiger partial charge in [0.05, 0.1) is 17.6 Å². The van der Waals surface area contributed by atoms with Crippen molar-refractivity contribution in [2.75, 3.05) is 0 Å². The lowest BCUT2D eigenvalue weighted by atomic mass is 9.84. The Kier molecular flexibility index (Phi) is 3.74. The van der Waals surface area contributed by atoms with Crippen molar-refractivity contribution < 1.29 is 9.13 Å². The van der Waals surface area contributed by atoms with Gasteiger partial charge in [-0.15, -0.1) is 11.6 Å². The number of hydrogen-bond donors (Lipinski definition) is 0. The van der Waals surface area contributed by atoms with Crippen LogP contribution in [0.1, 0.15) is 31.7 Å². The summed E-state index contributed by atoms with van der Waals surface area (Å²) in [5, 5.41) is -0.120. The second-order valence-electron chi connectivity index (χ2n) is 4.94. The van der Waals surface area contributed by atoms with E-state index in [-0.39, 0.29) is 29.3 Å². The van der Waals surface area contributed by atoms with Gasteiger partial charge in [0.15, 0.2) is 0 Å². The Morgan fingerprint density at radius 1 is 1.12 bits per heavy atom. The molecule has 0 N–H and O–H groups in total. The van der Waals surface area contributed by atoms with Gasteiger partial charge >= 0.3 is 0 Å². The third-order valence-electron chi connectivity index (χ3n) is 3.85. The van der Waals surface area contributed by atoms with Crippen molar-refractivity contribution in [3.63, 3.8) is 0 Å². The molecule has 1 fully saturated rings. The first-order chi connectivity index (χ1) is 8.00. The molecule has 0 saturated carbocycles. The maximum atomic E-state index is 12.9. The topological polar surface area (TPSA) is 9.23 Å². The predicted octanol–water partition coefficient (Wildman–Crippen LogP) is 4.17. The smallest absolute Gasteiger partial charge is 0.123 e. The van der Waals surface area contributed by atoms with E-state index in [1.165, 1.54) is 12.1 Å². The summed E-state index contributed by atoms with van der Waals surface area (Å²) in [4.78, 5) is 0. The van der Waals surface area contributed by atoms with Gasteiger partial charge in [-0.25, -0.2) is 4.39 Å². The number of benzene rings is 1. The van der Waals surface area contributed by atoms with Crippen molar-refractivity contribution >= 4 is 11.6 Å². The second kappa shape index (κ2) is 4.95. The summed E-state index contributed by atoms with van der Waals surface area (Å²) >= 11 is 6.52. The van der Waals surface area contributed by atoms with Gasteiger partial charge in [-0.05, 0) is 37.5 Å². The molecule has 1 aromatic carbocycles. The minimum atomic E-state index is -0.227. The maximum absolute atomic E-state index is 12.9. The largest absolute Gasteiger partial charge is 0.375 e. The molecule has 0 aromatic heterocycles. The molecular weight excluding hydrogens is 239 g/mol. The third kappa shape index (κ3) is 2.48. The fourth-order valence-corrected chi connectivity index (χ4v) is 3.25. The summed E-state index contributed by atoms with van der Waals surface area (Å²) in [5.41, 5.74) is 0.967. The average Bonchev–Trinajstić information content (AvgIpc) is 2.53. The van der Waals surface area contributed by atoms with Crippen molar-refractivity contribution in [3.8, 4) is 0 Å². The average molecular weight is 257 g/mol. The molecule has 0 spiro atoms. The summed E-state index contributed by atoms with van der Waals surface area (Å²) in [5.74, 6) is 0.462. The van der Waals surface area contributed by atoms with E-state index in [0.29, 0.717) is 5.92 Å². The molecule has 0 radical (unpaired) electrons. The summed E-state index contributed by atoms with van der Waals surface area (Å²) < 4.78 is 18.7. The number of ether oxygens (including phenoxy) is 1. The maximum Gasteiger partial charge on any atom is 0.123 e. The zero-order valence-corrected chi connectivity index (χ0v) is 11.1. The van der Waals surface area contributed by atoms with Crippen molar-refractivity contribution in [1.29, 1.82) is 0 Å². The number of alkyl halides is 1. The Labute approximate surface area is 107 Å². The number of rotatable bonds is 2. The highest BCUT2D eigenvalue weighted by Crippen LogP contribution is 2.43. The van der Waals surface area contributed by atoms with Gasteiger partial charge in [-0.2, -0.15) is 0 Å². The second-order valence-corrected chi connectivity index (χ2v) is 5.41. The molecule has 1 heterocycles. The van der Waals surface area contributed by atoms with Gasteiger partial charge in [0.25, 0.3) is 0 Å². The number of hydrogen-bond acceptors (Lipinski definition) is 1. The molecule has 1 aromatic rings. The Morgan fingerprint density at radius 3 is 2.18 bits per heavy atom. The monoisotopic (exact) mass is 256 g/mol. The first-order valence-electron chi connectivity index (χ1n) is 6.05.